The van der Waals surface area contributed by atoms with Gasteiger partial charge in [-0.15, -0.1) is 0 Å². The smallest absolute Gasteiger partial charge is 0.464 e. The average molecular weight is 542 g/mol. The third-order valence-corrected chi connectivity index (χ3v) is 5.79. The van der Waals surface area contributed by atoms with Crippen LogP contribution in [-0.4, -0.2) is 88.7 Å². The molecule has 0 saturated carbocycles. The van der Waals surface area contributed by atoms with Crippen LogP contribution in [0.4, 0.5) is 0 Å². The van der Waals surface area contributed by atoms with Gasteiger partial charge in [-0.1, -0.05) is 53.4 Å². The van der Waals surface area contributed by atoms with Gasteiger partial charge >= 0.3 is 37.9 Å². The summed E-state index contributed by atoms with van der Waals surface area (Å²) in [5.41, 5.74) is 0. The van der Waals surface area contributed by atoms with Crippen molar-refractivity contribution in [3.8, 4) is 0 Å². The predicted octanol–water partition coefficient (Wildman–Crippen LogP) is 1.98. The fourth-order valence-electron chi connectivity index (χ4n) is 3.50. The number of carbonyl (C=O) groups excluding carboxylic acids is 4. The van der Waals surface area contributed by atoms with Crippen LogP contribution < -0.4 is 0 Å². The molecule has 4 unspecified atom stereocenters. The van der Waals surface area contributed by atoms with Crippen molar-refractivity contribution in [1.29, 1.82) is 0 Å². The maximum Gasteiger partial charge on any atom is 0.489 e. The van der Waals surface area contributed by atoms with E-state index >= 15 is 0 Å². The van der Waals surface area contributed by atoms with Gasteiger partial charge in [0, 0.05) is 0 Å². The standard InChI is InChI=1S/C24H40B2O12/c1-5-9-13-31-21(27)17-18(22(28)32-14-10-6-2)36-25(35-17)26-37-19(23(29)33-15-11-7-3)20(38-26)24(30)34-16-12-8-4/h17-20H,5-16H2,1-4H3. The normalized spacial score (nSPS) is 22.8. The highest BCUT2D eigenvalue weighted by atomic mass is 16.7. The highest BCUT2D eigenvalue weighted by molar-refractivity contribution is 7.11. The summed E-state index contributed by atoms with van der Waals surface area (Å²) in [7, 11) is -2.86. The van der Waals surface area contributed by atoms with Crippen molar-refractivity contribution in [2.24, 2.45) is 0 Å². The Hall–Kier alpha value is -2.15. The SMILES string of the molecule is CCCCOC(=O)C1OB(B2OC(C(=O)OCCCC)C(C(=O)OCCCC)O2)OC1C(=O)OCCCC. The summed E-state index contributed by atoms with van der Waals surface area (Å²) in [6.07, 6.45) is -0.0319. The molecule has 0 aromatic rings. The van der Waals surface area contributed by atoms with Crippen LogP contribution in [0, 0.1) is 0 Å². The Bertz CT molecular complexity index is 645. The topological polar surface area (TPSA) is 142 Å². The number of esters is 4. The van der Waals surface area contributed by atoms with Crippen LogP contribution in [0.5, 0.6) is 0 Å². The van der Waals surface area contributed by atoms with Gasteiger partial charge in [0.05, 0.1) is 26.4 Å². The lowest BCUT2D eigenvalue weighted by atomic mass is 9.49. The van der Waals surface area contributed by atoms with Crippen LogP contribution >= 0.6 is 0 Å². The molecule has 12 nitrogen and oxygen atoms in total. The summed E-state index contributed by atoms with van der Waals surface area (Å²) >= 11 is 0. The van der Waals surface area contributed by atoms with Gasteiger partial charge in [-0.3, -0.25) is 0 Å². The summed E-state index contributed by atoms with van der Waals surface area (Å²) in [6.45, 7) is 8.33. The van der Waals surface area contributed by atoms with E-state index in [1.54, 1.807) is 0 Å². The van der Waals surface area contributed by atoms with E-state index in [2.05, 4.69) is 0 Å². The van der Waals surface area contributed by atoms with Crippen molar-refractivity contribution < 1.29 is 56.7 Å². The minimum absolute atomic E-state index is 0.144. The van der Waals surface area contributed by atoms with Crippen LogP contribution in [0.3, 0.4) is 0 Å². The molecular formula is C24H40B2O12. The van der Waals surface area contributed by atoms with Crippen molar-refractivity contribution in [3.05, 3.63) is 0 Å². The zero-order valence-electron chi connectivity index (χ0n) is 22.8. The minimum Gasteiger partial charge on any atom is -0.464 e. The lowest BCUT2D eigenvalue weighted by Crippen LogP contribution is -2.41. The van der Waals surface area contributed by atoms with Crippen molar-refractivity contribution in [2.45, 2.75) is 103 Å². The van der Waals surface area contributed by atoms with Crippen molar-refractivity contribution in [3.63, 3.8) is 0 Å². The molecule has 14 heteroatoms. The third-order valence-electron chi connectivity index (χ3n) is 5.79. The monoisotopic (exact) mass is 542 g/mol. The molecule has 2 heterocycles. The second-order valence-corrected chi connectivity index (χ2v) is 9.05. The van der Waals surface area contributed by atoms with Gasteiger partial charge in [0.2, 0.25) is 0 Å². The fraction of sp³-hybridized carbons (Fsp3) is 0.833. The van der Waals surface area contributed by atoms with E-state index in [4.69, 9.17) is 37.6 Å². The van der Waals surface area contributed by atoms with E-state index in [9.17, 15) is 19.2 Å². The second-order valence-electron chi connectivity index (χ2n) is 9.05. The first-order valence-electron chi connectivity index (χ1n) is 13.7. The van der Waals surface area contributed by atoms with E-state index in [1.165, 1.54) is 0 Å². The maximum atomic E-state index is 12.7. The Balaban J connectivity index is 2.15. The average Bonchev–Trinajstić information content (AvgIpc) is 3.55. The Morgan fingerprint density at radius 3 is 0.868 bits per heavy atom. The van der Waals surface area contributed by atoms with Gasteiger partial charge in [-0.05, 0) is 25.7 Å². The highest BCUT2D eigenvalue weighted by Crippen LogP contribution is 2.28. The van der Waals surface area contributed by atoms with Crippen LogP contribution in [0.1, 0.15) is 79.1 Å². The summed E-state index contributed by atoms with van der Waals surface area (Å²) in [6, 6.07) is 0. The van der Waals surface area contributed by atoms with E-state index in [-0.39, 0.29) is 26.4 Å². The number of ether oxygens (including phenoxy) is 4. The quantitative estimate of drug-likeness (QED) is 0.115. The number of unbranched alkanes of at least 4 members (excludes halogenated alkanes) is 4. The number of hydrogen-bond acceptors (Lipinski definition) is 12. The summed E-state index contributed by atoms with van der Waals surface area (Å²) in [5.74, 6) is -3.21. The first-order chi connectivity index (χ1) is 18.4. The number of rotatable bonds is 17. The third kappa shape index (κ3) is 9.55. The van der Waals surface area contributed by atoms with Gasteiger partial charge in [0.1, 0.15) is 0 Å². The van der Waals surface area contributed by atoms with Crippen molar-refractivity contribution >= 4 is 37.9 Å². The fourth-order valence-corrected chi connectivity index (χ4v) is 3.50. The van der Waals surface area contributed by atoms with Crippen molar-refractivity contribution in [1.82, 2.24) is 0 Å². The summed E-state index contributed by atoms with van der Waals surface area (Å²) in [4.78, 5) is 50.8. The van der Waals surface area contributed by atoms with E-state index in [0.717, 1.165) is 25.7 Å². The summed E-state index contributed by atoms with van der Waals surface area (Å²) in [5, 5.41) is 0. The predicted molar refractivity (Wildman–Crippen MR) is 134 cm³/mol. The van der Waals surface area contributed by atoms with Gasteiger partial charge in [-0.2, -0.15) is 0 Å². The molecule has 2 rings (SSSR count). The zero-order valence-corrected chi connectivity index (χ0v) is 22.8. The number of hydrogen-bond donors (Lipinski definition) is 0. The van der Waals surface area contributed by atoms with Crippen LogP contribution in [0.2, 0.25) is 0 Å². The number of carbonyl (C=O) groups is 4. The van der Waals surface area contributed by atoms with Gasteiger partial charge in [0.15, 0.2) is 24.4 Å². The molecule has 2 aliphatic rings. The molecule has 0 aromatic heterocycles. The Morgan fingerprint density at radius 2 is 0.684 bits per heavy atom. The second kappa shape index (κ2) is 17.4. The first-order valence-corrected chi connectivity index (χ1v) is 13.7. The molecule has 214 valence electrons. The molecule has 0 N–H and O–H groups in total. The van der Waals surface area contributed by atoms with E-state index in [1.807, 2.05) is 27.7 Å². The zero-order chi connectivity index (χ0) is 27.9. The minimum atomic E-state index is -1.44. The molecule has 0 radical (unpaired) electrons. The molecule has 38 heavy (non-hydrogen) atoms. The van der Waals surface area contributed by atoms with Gasteiger partial charge < -0.3 is 37.6 Å². The molecule has 2 aliphatic heterocycles. The Kier molecular flexibility index (Phi) is 14.7. The largest absolute Gasteiger partial charge is 0.489 e. The molecule has 0 amide bonds. The van der Waals surface area contributed by atoms with Gasteiger partial charge in [0.25, 0.3) is 0 Å². The van der Waals surface area contributed by atoms with Crippen LogP contribution in [-0.2, 0) is 56.7 Å². The van der Waals surface area contributed by atoms with Crippen molar-refractivity contribution in [2.75, 3.05) is 26.4 Å². The molecule has 4 atom stereocenters. The molecule has 0 aromatic carbocycles. The molecule has 0 aliphatic carbocycles. The maximum absolute atomic E-state index is 12.7. The Labute approximate surface area is 224 Å². The first kappa shape index (κ1) is 32.1. The molecule has 0 spiro atoms. The summed E-state index contributed by atoms with van der Waals surface area (Å²) < 4.78 is 43.6. The van der Waals surface area contributed by atoms with Crippen LogP contribution in [0.15, 0.2) is 0 Å². The molecule has 2 saturated heterocycles. The lowest BCUT2D eigenvalue weighted by Gasteiger charge is -2.16. The van der Waals surface area contributed by atoms with E-state index in [0.29, 0.717) is 25.7 Å². The molecule has 2 fully saturated rings. The van der Waals surface area contributed by atoms with Crippen LogP contribution in [0.25, 0.3) is 0 Å². The van der Waals surface area contributed by atoms with Gasteiger partial charge in [-0.25, -0.2) is 19.2 Å². The molecular weight excluding hydrogens is 502 g/mol. The van der Waals surface area contributed by atoms with E-state index < -0.39 is 62.3 Å². The molecule has 0 bridgehead atoms. The highest BCUT2D eigenvalue weighted by Gasteiger charge is 2.61. The Morgan fingerprint density at radius 1 is 0.474 bits per heavy atom. The lowest BCUT2D eigenvalue weighted by molar-refractivity contribution is -0.163.